The summed E-state index contributed by atoms with van der Waals surface area (Å²) in [6, 6.07) is 19.6. The molecule has 194 valence electrons. The number of likely N-dealkylation sites (tertiary alicyclic amines) is 1. The first-order valence-electron chi connectivity index (χ1n) is 12.2. The van der Waals surface area contributed by atoms with Crippen LogP contribution in [-0.4, -0.2) is 54.4 Å². The molecule has 2 aromatic carbocycles. The molecule has 2 aromatic rings. The van der Waals surface area contributed by atoms with Crippen molar-refractivity contribution in [2.24, 2.45) is 11.8 Å². The highest BCUT2D eigenvalue weighted by molar-refractivity contribution is 5.77. The lowest BCUT2D eigenvalue weighted by atomic mass is 9.93. The van der Waals surface area contributed by atoms with Gasteiger partial charge in [0.25, 0.3) is 0 Å². The second-order valence-corrected chi connectivity index (χ2v) is 9.69. The first kappa shape index (κ1) is 26.2. The number of carboxylic acid groups (broad SMARTS) is 1. The number of carbonyl (C=O) groups is 2. The third kappa shape index (κ3) is 6.44. The fraction of sp³-hybridized carbons (Fsp3) is 0.481. The summed E-state index contributed by atoms with van der Waals surface area (Å²) in [7, 11) is 0. The molecule has 0 aromatic heterocycles. The Morgan fingerprint density at radius 2 is 1.58 bits per heavy atom. The largest absolute Gasteiger partial charge is 0.490 e. The second kappa shape index (κ2) is 11.4. The number of aliphatic carboxylic acids is 1. The molecule has 2 heterocycles. The maximum atomic E-state index is 12.9. The summed E-state index contributed by atoms with van der Waals surface area (Å²) >= 11 is 0. The normalized spacial score (nSPS) is 23.8. The first-order valence-corrected chi connectivity index (χ1v) is 12.2. The molecular formula is C27H31F3N2O4. The Hall–Kier alpha value is -2.91. The Labute approximate surface area is 208 Å². The topological polar surface area (TPSA) is 78.9 Å². The highest BCUT2D eigenvalue weighted by Gasteiger charge is 2.46. The van der Waals surface area contributed by atoms with Crippen molar-refractivity contribution in [3.05, 3.63) is 71.3 Å². The molecule has 9 heteroatoms. The van der Waals surface area contributed by atoms with E-state index < -0.39 is 12.1 Å². The van der Waals surface area contributed by atoms with E-state index in [0.29, 0.717) is 24.2 Å². The zero-order chi connectivity index (χ0) is 25.7. The van der Waals surface area contributed by atoms with Crippen LogP contribution in [0.4, 0.5) is 13.2 Å². The predicted octanol–water partition coefficient (Wildman–Crippen LogP) is 4.52. The lowest BCUT2D eigenvalue weighted by Gasteiger charge is -2.25. The van der Waals surface area contributed by atoms with E-state index in [4.69, 9.17) is 14.6 Å². The fourth-order valence-electron chi connectivity index (χ4n) is 5.54. The number of ether oxygens (including phenoxy) is 1. The smallest absolute Gasteiger partial charge is 0.475 e. The SMILES string of the molecule is O=C(CC1CCOCC1)N[C@@H]1c2ccccc2[C@@H]2CN(Cc3ccccc3)C[C@H]12.O=C(O)C(F)(F)F. The molecule has 36 heavy (non-hydrogen) atoms. The Balaban J connectivity index is 0.000000384. The molecule has 5 rings (SSSR count). The van der Waals surface area contributed by atoms with Crippen LogP contribution in [0.2, 0.25) is 0 Å². The van der Waals surface area contributed by atoms with Gasteiger partial charge in [0.15, 0.2) is 0 Å². The molecule has 1 amide bonds. The molecule has 2 N–H and O–H groups in total. The third-order valence-electron chi connectivity index (χ3n) is 7.22. The van der Waals surface area contributed by atoms with E-state index in [1.54, 1.807) is 0 Å². The molecule has 0 saturated carbocycles. The van der Waals surface area contributed by atoms with Gasteiger partial charge in [-0.05, 0) is 35.4 Å². The molecule has 6 nitrogen and oxygen atoms in total. The van der Waals surface area contributed by atoms with E-state index in [-0.39, 0.29) is 11.9 Å². The number of benzene rings is 2. The zero-order valence-electron chi connectivity index (χ0n) is 19.9. The number of hydrogen-bond donors (Lipinski definition) is 2. The van der Waals surface area contributed by atoms with Gasteiger partial charge in [-0.1, -0.05) is 54.6 Å². The van der Waals surface area contributed by atoms with E-state index in [0.717, 1.165) is 45.7 Å². The summed E-state index contributed by atoms with van der Waals surface area (Å²) in [5.41, 5.74) is 4.13. The van der Waals surface area contributed by atoms with Crippen molar-refractivity contribution >= 4 is 11.9 Å². The van der Waals surface area contributed by atoms with Crippen molar-refractivity contribution in [2.45, 2.75) is 43.9 Å². The van der Waals surface area contributed by atoms with Gasteiger partial charge in [0.2, 0.25) is 5.91 Å². The van der Waals surface area contributed by atoms with Crippen LogP contribution in [0, 0.1) is 11.8 Å². The minimum absolute atomic E-state index is 0.143. The summed E-state index contributed by atoms with van der Waals surface area (Å²) in [6.07, 6.45) is -2.44. The third-order valence-corrected chi connectivity index (χ3v) is 7.22. The number of amides is 1. The molecule has 3 aliphatic rings. The summed E-state index contributed by atoms with van der Waals surface area (Å²) in [6.45, 7) is 4.69. The molecule has 0 radical (unpaired) electrons. The van der Waals surface area contributed by atoms with Gasteiger partial charge in [-0.15, -0.1) is 0 Å². The number of carboxylic acids is 1. The van der Waals surface area contributed by atoms with Crippen LogP contribution in [0.15, 0.2) is 54.6 Å². The van der Waals surface area contributed by atoms with Gasteiger partial charge in [-0.25, -0.2) is 4.79 Å². The zero-order valence-corrected chi connectivity index (χ0v) is 19.9. The van der Waals surface area contributed by atoms with Crippen LogP contribution in [0.5, 0.6) is 0 Å². The number of hydrogen-bond acceptors (Lipinski definition) is 4. The fourth-order valence-corrected chi connectivity index (χ4v) is 5.54. The number of rotatable bonds is 5. The van der Waals surface area contributed by atoms with Crippen LogP contribution in [0.1, 0.15) is 47.9 Å². The highest BCUT2D eigenvalue weighted by Crippen LogP contribution is 2.49. The molecule has 1 aliphatic carbocycles. The minimum Gasteiger partial charge on any atom is -0.475 e. The molecular weight excluding hydrogens is 473 g/mol. The summed E-state index contributed by atoms with van der Waals surface area (Å²) < 4.78 is 37.2. The summed E-state index contributed by atoms with van der Waals surface area (Å²) in [4.78, 5) is 24.3. The van der Waals surface area contributed by atoms with Crippen molar-refractivity contribution in [2.75, 3.05) is 26.3 Å². The van der Waals surface area contributed by atoms with Crippen molar-refractivity contribution < 1.29 is 32.6 Å². The van der Waals surface area contributed by atoms with E-state index in [1.807, 2.05) is 0 Å². The second-order valence-electron chi connectivity index (χ2n) is 9.69. The lowest BCUT2D eigenvalue weighted by Crippen LogP contribution is -2.35. The number of alkyl halides is 3. The van der Waals surface area contributed by atoms with E-state index >= 15 is 0 Å². The van der Waals surface area contributed by atoms with Crippen LogP contribution < -0.4 is 5.32 Å². The van der Waals surface area contributed by atoms with Crippen LogP contribution in [0.3, 0.4) is 0 Å². The molecule has 2 aliphatic heterocycles. The number of carbonyl (C=O) groups excluding carboxylic acids is 1. The van der Waals surface area contributed by atoms with Crippen molar-refractivity contribution in [1.29, 1.82) is 0 Å². The van der Waals surface area contributed by atoms with Crippen LogP contribution in [0.25, 0.3) is 0 Å². The average Bonchev–Trinajstić information content (AvgIpc) is 3.38. The minimum atomic E-state index is -5.08. The lowest BCUT2D eigenvalue weighted by molar-refractivity contribution is -0.192. The number of nitrogens with one attached hydrogen (secondary N) is 1. The average molecular weight is 505 g/mol. The maximum absolute atomic E-state index is 12.9. The molecule has 0 spiro atoms. The van der Waals surface area contributed by atoms with Gasteiger partial charge < -0.3 is 15.2 Å². The number of nitrogens with zero attached hydrogens (tertiary/aromatic N) is 1. The Bertz CT molecular complexity index is 1040. The van der Waals surface area contributed by atoms with Gasteiger partial charge in [0, 0.05) is 51.1 Å². The maximum Gasteiger partial charge on any atom is 0.490 e. The van der Waals surface area contributed by atoms with E-state index in [2.05, 4.69) is 64.8 Å². The molecule has 2 saturated heterocycles. The number of halogens is 3. The monoisotopic (exact) mass is 504 g/mol. The predicted molar refractivity (Wildman–Crippen MR) is 127 cm³/mol. The first-order chi connectivity index (χ1) is 17.2. The van der Waals surface area contributed by atoms with E-state index in [9.17, 15) is 18.0 Å². The van der Waals surface area contributed by atoms with Crippen LogP contribution in [-0.2, 0) is 20.9 Å². The Kier molecular flexibility index (Phi) is 8.31. The van der Waals surface area contributed by atoms with Gasteiger partial charge in [-0.3, -0.25) is 9.69 Å². The standard InChI is InChI=1S/C25H30N2O2.C2HF3O2/c28-24(14-18-10-12-29-13-11-18)26-25-21-9-5-4-8-20(21)22-16-27(17-23(22)25)15-19-6-2-1-3-7-19;3-2(4,5)1(6)7/h1-9,18,22-23,25H,10-17H2,(H,26,28);(H,6,7)/t22-,23-,25+;/m0./s1. The van der Waals surface area contributed by atoms with Crippen LogP contribution >= 0.6 is 0 Å². The molecule has 3 atom stereocenters. The number of fused-ring (bicyclic) bond motifs is 3. The van der Waals surface area contributed by atoms with Crippen molar-refractivity contribution in [3.8, 4) is 0 Å². The van der Waals surface area contributed by atoms with Crippen molar-refractivity contribution in [1.82, 2.24) is 10.2 Å². The quantitative estimate of drug-likeness (QED) is 0.626. The summed E-state index contributed by atoms with van der Waals surface area (Å²) in [5, 5.41) is 10.6. The molecule has 0 bridgehead atoms. The Morgan fingerprint density at radius 3 is 2.22 bits per heavy atom. The molecule has 0 unspecified atom stereocenters. The Morgan fingerprint density at radius 1 is 0.972 bits per heavy atom. The van der Waals surface area contributed by atoms with Crippen molar-refractivity contribution in [3.63, 3.8) is 0 Å². The van der Waals surface area contributed by atoms with Gasteiger partial charge in [0.05, 0.1) is 6.04 Å². The highest BCUT2D eigenvalue weighted by atomic mass is 19.4. The molecule has 2 fully saturated rings. The van der Waals surface area contributed by atoms with Gasteiger partial charge >= 0.3 is 12.1 Å². The van der Waals surface area contributed by atoms with Gasteiger partial charge in [-0.2, -0.15) is 13.2 Å². The van der Waals surface area contributed by atoms with E-state index in [1.165, 1.54) is 16.7 Å². The summed E-state index contributed by atoms with van der Waals surface area (Å²) in [5.74, 6) is -1.10. The van der Waals surface area contributed by atoms with Gasteiger partial charge in [0.1, 0.15) is 0 Å².